The largest absolute Gasteiger partial charge is 0.330 e. The summed E-state index contributed by atoms with van der Waals surface area (Å²) in [5, 5.41) is 26.1. The van der Waals surface area contributed by atoms with Crippen LogP contribution in [0.2, 0.25) is 0 Å². The highest BCUT2D eigenvalue weighted by Crippen LogP contribution is 2.32. The van der Waals surface area contributed by atoms with Gasteiger partial charge < -0.3 is 10.6 Å². The molecule has 0 bridgehead atoms. The molecule has 0 amide bonds. The summed E-state index contributed by atoms with van der Waals surface area (Å²) in [6.45, 7) is 0. The van der Waals surface area contributed by atoms with E-state index in [9.17, 15) is 0 Å². The number of benzene rings is 2. The summed E-state index contributed by atoms with van der Waals surface area (Å²) in [6.07, 6.45) is 0. The van der Waals surface area contributed by atoms with Crippen LogP contribution in [-0.4, -0.2) is 20.4 Å². The van der Waals surface area contributed by atoms with Gasteiger partial charge in [0.15, 0.2) is 10.0 Å². The number of anilines is 4. The Bertz CT molecular complexity index is 842. The quantitative estimate of drug-likeness (QED) is 0.549. The van der Waals surface area contributed by atoms with E-state index in [1.165, 1.54) is 22.7 Å². The number of hydrogen-bond donors (Lipinski definition) is 2. The minimum atomic E-state index is 0.726. The van der Waals surface area contributed by atoms with Crippen LogP contribution >= 0.6 is 22.7 Å². The molecule has 0 aliphatic rings. The number of nitrogens with one attached hydrogen (secondary N) is 2. The maximum absolute atomic E-state index is 4.19. The molecule has 0 saturated carbocycles. The Hall–Kier alpha value is -2.84. The number of nitrogens with zero attached hydrogens (tertiary/aromatic N) is 4. The first kappa shape index (κ1) is 14.7. The van der Waals surface area contributed by atoms with E-state index >= 15 is 0 Å². The Labute approximate surface area is 146 Å². The summed E-state index contributed by atoms with van der Waals surface area (Å²) >= 11 is 2.89. The van der Waals surface area contributed by atoms with Crippen LogP contribution in [0.3, 0.4) is 0 Å². The second-order valence-electron chi connectivity index (χ2n) is 4.81. The van der Waals surface area contributed by atoms with Crippen molar-refractivity contribution in [1.82, 2.24) is 20.4 Å². The van der Waals surface area contributed by atoms with Crippen molar-refractivity contribution in [3.05, 3.63) is 60.7 Å². The van der Waals surface area contributed by atoms with E-state index in [0.717, 1.165) is 31.7 Å². The van der Waals surface area contributed by atoms with Crippen LogP contribution in [0.5, 0.6) is 0 Å². The lowest BCUT2D eigenvalue weighted by atomic mass is 10.3. The highest BCUT2D eigenvalue weighted by Gasteiger charge is 2.12. The van der Waals surface area contributed by atoms with Crippen LogP contribution in [0.25, 0.3) is 10.0 Å². The van der Waals surface area contributed by atoms with Crippen molar-refractivity contribution in [2.24, 2.45) is 0 Å². The van der Waals surface area contributed by atoms with Crippen molar-refractivity contribution < 1.29 is 0 Å². The second kappa shape index (κ2) is 6.73. The first-order valence-corrected chi connectivity index (χ1v) is 8.82. The lowest BCUT2D eigenvalue weighted by Gasteiger charge is -1.99. The fraction of sp³-hybridized carbons (Fsp3) is 0. The highest BCUT2D eigenvalue weighted by atomic mass is 32.1. The SMILES string of the molecule is c1ccc(Nc2nnc(-c3nnc(Nc4ccccc4)s3)s2)cc1. The fourth-order valence-electron chi connectivity index (χ4n) is 2.01. The molecule has 0 aliphatic heterocycles. The monoisotopic (exact) mass is 352 g/mol. The molecule has 2 N–H and O–H groups in total. The number of hydrogen-bond acceptors (Lipinski definition) is 8. The second-order valence-corrected chi connectivity index (χ2v) is 6.76. The van der Waals surface area contributed by atoms with Gasteiger partial charge in [0.25, 0.3) is 0 Å². The average molecular weight is 352 g/mol. The molecule has 2 aromatic carbocycles. The Morgan fingerprint density at radius 2 is 0.958 bits per heavy atom. The van der Waals surface area contributed by atoms with Gasteiger partial charge in [-0.15, -0.1) is 20.4 Å². The predicted molar refractivity (Wildman–Crippen MR) is 98.3 cm³/mol. The van der Waals surface area contributed by atoms with Crippen molar-refractivity contribution in [3.63, 3.8) is 0 Å². The van der Waals surface area contributed by atoms with E-state index in [-0.39, 0.29) is 0 Å². The average Bonchev–Trinajstić information content (AvgIpc) is 3.26. The van der Waals surface area contributed by atoms with E-state index in [1.807, 2.05) is 60.7 Å². The van der Waals surface area contributed by atoms with Gasteiger partial charge in [-0.2, -0.15) is 0 Å². The molecule has 0 unspecified atom stereocenters. The molecular weight excluding hydrogens is 340 g/mol. The van der Waals surface area contributed by atoms with E-state index in [2.05, 4.69) is 31.0 Å². The standard InChI is InChI=1S/C16H12N6S2/c1-3-7-11(8-4-1)17-15-21-19-13(23-15)14-20-22-16(24-14)18-12-9-5-2-6-10-12/h1-10H,(H,17,21)(H,18,22). The van der Waals surface area contributed by atoms with Crippen LogP contribution in [0.15, 0.2) is 60.7 Å². The summed E-state index contributed by atoms with van der Waals surface area (Å²) in [4.78, 5) is 0. The Balaban J connectivity index is 1.49. The van der Waals surface area contributed by atoms with Crippen molar-refractivity contribution in [2.75, 3.05) is 10.6 Å². The van der Waals surface area contributed by atoms with Gasteiger partial charge in [-0.25, -0.2) is 0 Å². The molecule has 0 saturated heterocycles. The van der Waals surface area contributed by atoms with Crippen molar-refractivity contribution in [3.8, 4) is 10.0 Å². The van der Waals surface area contributed by atoms with E-state index in [0.29, 0.717) is 0 Å². The molecule has 0 spiro atoms. The third-order valence-electron chi connectivity index (χ3n) is 3.08. The lowest BCUT2D eigenvalue weighted by Crippen LogP contribution is -1.87. The van der Waals surface area contributed by atoms with Crippen LogP contribution in [0, 0.1) is 0 Å². The fourth-order valence-corrected chi connectivity index (χ4v) is 3.55. The van der Waals surface area contributed by atoms with E-state index < -0.39 is 0 Å². The summed E-state index contributed by atoms with van der Waals surface area (Å²) < 4.78 is 0. The molecule has 6 nitrogen and oxygen atoms in total. The van der Waals surface area contributed by atoms with E-state index in [4.69, 9.17) is 0 Å². The van der Waals surface area contributed by atoms with Crippen molar-refractivity contribution in [1.29, 1.82) is 0 Å². The minimum Gasteiger partial charge on any atom is -0.330 e. The van der Waals surface area contributed by atoms with Gasteiger partial charge in [0, 0.05) is 11.4 Å². The van der Waals surface area contributed by atoms with Crippen LogP contribution < -0.4 is 10.6 Å². The summed E-state index contributed by atoms with van der Waals surface area (Å²) in [5.41, 5.74) is 1.95. The molecule has 0 fully saturated rings. The summed E-state index contributed by atoms with van der Waals surface area (Å²) in [5.74, 6) is 0. The first-order valence-electron chi connectivity index (χ1n) is 7.18. The molecule has 2 aromatic heterocycles. The number of rotatable bonds is 5. The number of para-hydroxylation sites is 2. The topological polar surface area (TPSA) is 75.6 Å². The van der Waals surface area contributed by atoms with Gasteiger partial charge in [0.1, 0.15) is 0 Å². The van der Waals surface area contributed by atoms with Gasteiger partial charge in [0.05, 0.1) is 0 Å². The Morgan fingerprint density at radius 1 is 0.542 bits per heavy atom. The zero-order valence-corrected chi connectivity index (χ0v) is 14.0. The van der Waals surface area contributed by atoms with Gasteiger partial charge in [-0.3, -0.25) is 0 Å². The van der Waals surface area contributed by atoms with Crippen LogP contribution in [-0.2, 0) is 0 Å². The maximum atomic E-state index is 4.19. The zero-order chi connectivity index (χ0) is 16.2. The smallest absolute Gasteiger partial charge is 0.210 e. The van der Waals surface area contributed by atoms with Gasteiger partial charge in [-0.1, -0.05) is 59.1 Å². The van der Waals surface area contributed by atoms with Crippen LogP contribution in [0.4, 0.5) is 21.6 Å². The molecule has 2 heterocycles. The highest BCUT2D eigenvalue weighted by molar-refractivity contribution is 7.24. The van der Waals surface area contributed by atoms with Gasteiger partial charge in [0.2, 0.25) is 10.3 Å². The molecular formula is C16H12N6S2. The molecule has 0 aliphatic carbocycles. The lowest BCUT2D eigenvalue weighted by molar-refractivity contribution is 1.06. The van der Waals surface area contributed by atoms with Crippen molar-refractivity contribution in [2.45, 2.75) is 0 Å². The van der Waals surface area contributed by atoms with E-state index in [1.54, 1.807) is 0 Å². The molecule has 4 rings (SSSR count). The summed E-state index contributed by atoms with van der Waals surface area (Å²) in [7, 11) is 0. The third kappa shape index (κ3) is 3.39. The molecule has 118 valence electrons. The maximum Gasteiger partial charge on any atom is 0.210 e. The summed E-state index contributed by atoms with van der Waals surface area (Å²) in [6, 6.07) is 19.7. The first-order chi connectivity index (χ1) is 11.9. The predicted octanol–water partition coefficient (Wildman–Crippen LogP) is 4.54. The van der Waals surface area contributed by atoms with Crippen molar-refractivity contribution >= 4 is 44.3 Å². The molecule has 24 heavy (non-hydrogen) atoms. The molecule has 8 heteroatoms. The van der Waals surface area contributed by atoms with Crippen LogP contribution in [0.1, 0.15) is 0 Å². The Kier molecular flexibility index (Phi) is 4.13. The molecule has 0 radical (unpaired) electrons. The molecule has 4 aromatic rings. The van der Waals surface area contributed by atoms with Gasteiger partial charge >= 0.3 is 0 Å². The molecule has 0 atom stereocenters. The minimum absolute atomic E-state index is 0.726. The third-order valence-corrected chi connectivity index (χ3v) is 4.90. The normalized spacial score (nSPS) is 10.5. The van der Waals surface area contributed by atoms with Gasteiger partial charge in [-0.05, 0) is 24.3 Å². The zero-order valence-electron chi connectivity index (χ0n) is 12.4. The Morgan fingerprint density at radius 3 is 1.38 bits per heavy atom. The number of aromatic nitrogens is 4.